The van der Waals surface area contributed by atoms with Crippen LogP contribution in [-0.4, -0.2) is 16.7 Å². The molecule has 0 saturated heterocycles. The number of fused-ring (bicyclic) bond motifs is 1. The number of anilines is 1. The van der Waals surface area contributed by atoms with E-state index in [2.05, 4.69) is 10.3 Å². The van der Waals surface area contributed by atoms with Gasteiger partial charge in [-0.3, -0.25) is 9.59 Å². The largest absolute Gasteiger partial charge is 0.324 e. The highest BCUT2D eigenvalue weighted by molar-refractivity contribution is 7.12. The van der Waals surface area contributed by atoms with E-state index in [1.807, 2.05) is 0 Å². The maximum atomic E-state index is 12.3. The molecule has 1 aliphatic rings. The lowest BCUT2D eigenvalue weighted by atomic mass is 9.96. The Morgan fingerprint density at radius 2 is 2.33 bits per heavy atom. The van der Waals surface area contributed by atoms with Crippen LogP contribution in [0.15, 0.2) is 29.8 Å². The Morgan fingerprint density at radius 1 is 1.50 bits per heavy atom. The lowest BCUT2D eigenvalue weighted by molar-refractivity contribution is -0.116. The molecule has 2 aromatic heterocycles. The fourth-order valence-electron chi connectivity index (χ4n) is 1.95. The number of hydrogen-bond acceptors (Lipinski definition) is 4. The monoisotopic (exact) mass is 278 g/mol. The number of pyridine rings is 1. The highest BCUT2D eigenvalue weighted by Crippen LogP contribution is 2.36. The van der Waals surface area contributed by atoms with E-state index in [1.165, 1.54) is 17.5 Å². The standard InChI is InChI=1S/C12H7ClN2O2S/c13-9-4-6-7(5-14-9)15-12(17)10(6)11(16)8-2-1-3-18-8/h1-5,10H,(H,15,17). The zero-order valence-electron chi connectivity index (χ0n) is 9.01. The van der Waals surface area contributed by atoms with Crippen LogP contribution in [-0.2, 0) is 4.79 Å². The first-order valence-electron chi connectivity index (χ1n) is 5.21. The van der Waals surface area contributed by atoms with Crippen LogP contribution >= 0.6 is 22.9 Å². The summed E-state index contributed by atoms with van der Waals surface area (Å²) >= 11 is 7.13. The fraction of sp³-hybridized carbons (Fsp3) is 0.0833. The van der Waals surface area contributed by atoms with E-state index >= 15 is 0 Å². The molecule has 0 fully saturated rings. The number of halogens is 1. The number of carbonyl (C=O) groups is 2. The quantitative estimate of drug-likeness (QED) is 0.522. The third-order valence-electron chi connectivity index (χ3n) is 2.76. The molecular formula is C12H7ClN2O2S. The first kappa shape index (κ1) is 11.4. The first-order chi connectivity index (χ1) is 8.66. The van der Waals surface area contributed by atoms with Crippen LogP contribution in [0.3, 0.4) is 0 Å². The molecule has 18 heavy (non-hydrogen) atoms. The molecule has 0 radical (unpaired) electrons. The maximum absolute atomic E-state index is 12.3. The topological polar surface area (TPSA) is 59.1 Å². The van der Waals surface area contributed by atoms with Gasteiger partial charge in [0.2, 0.25) is 5.91 Å². The summed E-state index contributed by atoms with van der Waals surface area (Å²) in [6.07, 6.45) is 1.47. The fourth-order valence-corrected chi connectivity index (χ4v) is 2.82. The molecule has 3 heterocycles. The van der Waals surface area contributed by atoms with Crippen LogP contribution in [0.5, 0.6) is 0 Å². The van der Waals surface area contributed by atoms with Crippen molar-refractivity contribution in [2.45, 2.75) is 5.92 Å². The van der Waals surface area contributed by atoms with Crippen molar-refractivity contribution in [2.24, 2.45) is 0 Å². The van der Waals surface area contributed by atoms with Crippen molar-refractivity contribution < 1.29 is 9.59 Å². The summed E-state index contributed by atoms with van der Waals surface area (Å²) in [7, 11) is 0. The molecule has 4 nitrogen and oxygen atoms in total. The summed E-state index contributed by atoms with van der Waals surface area (Å²) in [5.41, 5.74) is 1.15. The van der Waals surface area contributed by atoms with Gasteiger partial charge in [-0.15, -0.1) is 11.3 Å². The molecule has 2 aromatic rings. The number of amides is 1. The summed E-state index contributed by atoms with van der Waals surface area (Å²) in [5.74, 6) is -1.35. The molecule has 0 bridgehead atoms. The van der Waals surface area contributed by atoms with Crippen molar-refractivity contribution in [3.05, 3.63) is 45.4 Å². The summed E-state index contributed by atoms with van der Waals surface area (Å²) in [5, 5.41) is 4.72. The van der Waals surface area contributed by atoms with Crippen molar-refractivity contribution in [3.8, 4) is 0 Å². The van der Waals surface area contributed by atoms with Crippen molar-refractivity contribution in [2.75, 3.05) is 5.32 Å². The Balaban J connectivity index is 2.06. The van der Waals surface area contributed by atoms with Gasteiger partial charge in [0.15, 0.2) is 5.78 Å². The van der Waals surface area contributed by atoms with Gasteiger partial charge in [0.05, 0.1) is 16.8 Å². The summed E-state index contributed by atoms with van der Waals surface area (Å²) in [6, 6.07) is 5.05. The van der Waals surface area contributed by atoms with Crippen molar-refractivity contribution in [1.29, 1.82) is 0 Å². The number of rotatable bonds is 2. The molecule has 0 aliphatic carbocycles. The zero-order valence-corrected chi connectivity index (χ0v) is 10.6. The van der Waals surface area contributed by atoms with E-state index in [9.17, 15) is 9.59 Å². The minimum Gasteiger partial charge on any atom is -0.324 e. The predicted octanol–water partition coefficient (Wildman–Crippen LogP) is 2.72. The summed E-state index contributed by atoms with van der Waals surface area (Å²) < 4.78 is 0. The van der Waals surface area contributed by atoms with Gasteiger partial charge in [0.1, 0.15) is 11.1 Å². The molecule has 1 atom stereocenters. The van der Waals surface area contributed by atoms with Crippen molar-refractivity contribution in [1.82, 2.24) is 4.98 Å². The molecule has 0 aromatic carbocycles. The molecule has 3 rings (SSSR count). The zero-order chi connectivity index (χ0) is 12.7. The normalized spacial score (nSPS) is 17.4. The molecule has 0 saturated carbocycles. The number of aromatic nitrogens is 1. The number of nitrogens with one attached hydrogen (secondary N) is 1. The molecule has 90 valence electrons. The van der Waals surface area contributed by atoms with Gasteiger partial charge in [-0.25, -0.2) is 4.98 Å². The van der Waals surface area contributed by atoms with Gasteiger partial charge in [0, 0.05) is 5.56 Å². The number of ketones is 1. The van der Waals surface area contributed by atoms with Crippen LogP contribution in [0.2, 0.25) is 5.15 Å². The van der Waals surface area contributed by atoms with Crippen LogP contribution < -0.4 is 5.32 Å². The highest BCUT2D eigenvalue weighted by atomic mass is 35.5. The van der Waals surface area contributed by atoms with Crippen LogP contribution in [0.25, 0.3) is 0 Å². The SMILES string of the molecule is O=C1Nc2cnc(Cl)cc2C1C(=O)c1cccs1. The molecule has 1 unspecified atom stereocenters. The van der Waals surface area contributed by atoms with Crippen molar-refractivity contribution in [3.63, 3.8) is 0 Å². The van der Waals surface area contributed by atoms with Gasteiger partial charge < -0.3 is 5.32 Å². The van der Waals surface area contributed by atoms with Crippen LogP contribution in [0.1, 0.15) is 21.2 Å². The highest BCUT2D eigenvalue weighted by Gasteiger charge is 2.37. The summed E-state index contributed by atoms with van der Waals surface area (Å²) in [6.45, 7) is 0. The number of thiophene rings is 1. The number of nitrogens with zero attached hydrogens (tertiary/aromatic N) is 1. The van der Waals surface area contributed by atoms with E-state index in [0.717, 1.165) is 0 Å². The molecule has 1 aliphatic heterocycles. The van der Waals surface area contributed by atoms with E-state index < -0.39 is 5.92 Å². The van der Waals surface area contributed by atoms with Gasteiger partial charge >= 0.3 is 0 Å². The summed E-state index contributed by atoms with van der Waals surface area (Å²) in [4.78, 5) is 28.6. The number of Topliss-reactive ketones (excluding diaryl/α,β-unsaturated/α-hetero) is 1. The average molecular weight is 279 g/mol. The van der Waals surface area contributed by atoms with E-state index in [1.54, 1.807) is 23.6 Å². The van der Waals surface area contributed by atoms with E-state index in [-0.39, 0.29) is 16.8 Å². The predicted molar refractivity (Wildman–Crippen MR) is 69.3 cm³/mol. The molecular weight excluding hydrogens is 272 g/mol. The van der Waals surface area contributed by atoms with E-state index in [4.69, 9.17) is 11.6 Å². The number of carbonyl (C=O) groups excluding carboxylic acids is 2. The lowest BCUT2D eigenvalue weighted by Crippen LogP contribution is -2.20. The number of hydrogen-bond donors (Lipinski definition) is 1. The van der Waals surface area contributed by atoms with Gasteiger partial charge in [-0.05, 0) is 17.5 Å². The Labute approximate surface area is 112 Å². The Hall–Kier alpha value is -1.72. The Bertz CT molecular complexity index is 640. The second-order valence-electron chi connectivity index (χ2n) is 3.86. The van der Waals surface area contributed by atoms with Gasteiger partial charge in [0.25, 0.3) is 0 Å². The van der Waals surface area contributed by atoms with Crippen LogP contribution in [0.4, 0.5) is 5.69 Å². The Morgan fingerprint density at radius 3 is 3.06 bits per heavy atom. The Kier molecular flexibility index (Phi) is 2.65. The third kappa shape index (κ3) is 1.72. The molecule has 6 heteroatoms. The van der Waals surface area contributed by atoms with Gasteiger partial charge in [-0.2, -0.15) is 0 Å². The second kappa shape index (κ2) is 4.19. The first-order valence-corrected chi connectivity index (χ1v) is 6.46. The smallest absolute Gasteiger partial charge is 0.239 e. The molecule has 1 N–H and O–H groups in total. The minimum absolute atomic E-state index is 0.205. The average Bonchev–Trinajstić information content (AvgIpc) is 2.94. The van der Waals surface area contributed by atoms with Gasteiger partial charge in [-0.1, -0.05) is 17.7 Å². The lowest BCUT2D eigenvalue weighted by Gasteiger charge is -2.05. The minimum atomic E-state index is -0.820. The van der Waals surface area contributed by atoms with Crippen LogP contribution in [0, 0.1) is 0 Å². The van der Waals surface area contributed by atoms with E-state index in [0.29, 0.717) is 16.1 Å². The van der Waals surface area contributed by atoms with Crippen molar-refractivity contribution >= 4 is 40.3 Å². The second-order valence-corrected chi connectivity index (χ2v) is 5.19. The molecule has 1 amide bonds. The third-order valence-corrected chi connectivity index (χ3v) is 3.85. The maximum Gasteiger partial charge on any atom is 0.239 e. The molecule has 0 spiro atoms.